The van der Waals surface area contributed by atoms with Gasteiger partial charge in [-0.3, -0.25) is 14.2 Å². The number of benzene rings is 1. The van der Waals surface area contributed by atoms with E-state index in [1.54, 1.807) is 0 Å². The van der Waals surface area contributed by atoms with Crippen LogP contribution in [0.15, 0.2) is 30.3 Å². The molecule has 5 atom stereocenters. The van der Waals surface area contributed by atoms with Crippen molar-refractivity contribution in [3.05, 3.63) is 30.3 Å². The van der Waals surface area contributed by atoms with E-state index < -0.39 is 31.5 Å². The second kappa shape index (κ2) is 14.7. The minimum absolute atomic E-state index is 0.0180. The normalized spacial score (nSPS) is 19.5. The Balaban J connectivity index is 1.94. The van der Waals surface area contributed by atoms with Crippen LogP contribution >= 0.6 is 7.37 Å². The van der Waals surface area contributed by atoms with E-state index in [-0.39, 0.29) is 42.5 Å². The molecule has 0 aliphatic heterocycles. The fraction of sp³-hybridized carbons (Fsp3) is 0.704. The minimum Gasteiger partial charge on any atom is -0.391 e. The quantitative estimate of drug-likeness (QED) is 0.235. The summed E-state index contributed by atoms with van der Waals surface area (Å²) in [6.45, 7) is 7.58. The molecule has 1 aromatic rings. The smallest absolute Gasteiger partial charge is 0.243 e. The number of rotatable bonds is 14. The summed E-state index contributed by atoms with van der Waals surface area (Å²) in [4.78, 5) is 36.6. The third-order valence-corrected chi connectivity index (χ3v) is 9.19. The zero-order valence-corrected chi connectivity index (χ0v) is 23.2. The molecule has 0 radical (unpaired) electrons. The van der Waals surface area contributed by atoms with Crippen LogP contribution in [0, 0.1) is 17.8 Å². The molecule has 0 heterocycles. The second-order valence-electron chi connectivity index (χ2n) is 10.7. The van der Waals surface area contributed by atoms with Crippen LogP contribution in [0.2, 0.25) is 0 Å². The lowest BCUT2D eigenvalue weighted by atomic mass is 9.91. The number of nitrogens with one attached hydrogen (secondary N) is 3. The van der Waals surface area contributed by atoms with Gasteiger partial charge in [-0.1, -0.05) is 71.6 Å². The van der Waals surface area contributed by atoms with Crippen LogP contribution in [0.4, 0.5) is 5.69 Å². The van der Waals surface area contributed by atoms with Crippen molar-refractivity contribution >= 4 is 24.9 Å². The monoisotopic (exact) mass is 523 g/mol. The third-order valence-electron chi connectivity index (χ3n) is 7.11. The van der Waals surface area contributed by atoms with Gasteiger partial charge in [-0.15, -0.1) is 0 Å². The number of amides is 2. The number of aliphatic hydroxyl groups excluding tert-OH is 1. The SMILES string of the molecule is CCC(C)[C@H](NC(=O)[C@@H](Nc1ccccc1)C(C)C)C(=O)NC[C@@H](O)CP(=O)(O)CC1CCCCC1. The van der Waals surface area contributed by atoms with Crippen molar-refractivity contribution in [3.8, 4) is 0 Å². The summed E-state index contributed by atoms with van der Waals surface area (Å²) in [5.74, 6) is -0.595. The zero-order valence-electron chi connectivity index (χ0n) is 22.3. The lowest BCUT2D eigenvalue weighted by Gasteiger charge is -2.29. The third kappa shape index (κ3) is 10.2. The van der Waals surface area contributed by atoms with Crippen LogP contribution in [0.1, 0.15) is 66.2 Å². The van der Waals surface area contributed by atoms with Crippen molar-refractivity contribution in [2.24, 2.45) is 17.8 Å². The van der Waals surface area contributed by atoms with Crippen molar-refractivity contribution in [3.63, 3.8) is 0 Å². The summed E-state index contributed by atoms with van der Waals surface area (Å²) < 4.78 is 12.7. The first-order valence-electron chi connectivity index (χ1n) is 13.4. The van der Waals surface area contributed by atoms with Gasteiger partial charge in [0.15, 0.2) is 0 Å². The van der Waals surface area contributed by atoms with Gasteiger partial charge in [0.05, 0.1) is 12.3 Å². The Kier molecular flexibility index (Phi) is 12.4. The van der Waals surface area contributed by atoms with E-state index in [0.29, 0.717) is 6.42 Å². The maximum Gasteiger partial charge on any atom is 0.243 e. The number of para-hydroxylation sites is 1. The lowest BCUT2D eigenvalue weighted by molar-refractivity contribution is -0.131. The Labute approximate surface area is 216 Å². The fourth-order valence-electron chi connectivity index (χ4n) is 4.76. The molecule has 1 aromatic carbocycles. The van der Waals surface area contributed by atoms with Crippen LogP contribution in [0.3, 0.4) is 0 Å². The highest BCUT2D eigenvalue weighted by Crippen LogP contribution is 2.45. The van der Waals surface area contributed by atoms with E-state index in [2.05, 4.69) is 16.0 Å². The van der Waals surface area contributed by atoms with Crippen molar-refractivity contribution in [1.82, 2.24) is 10.6 Å². The van der Waals surface area contributed by atoms with Gasteiger partial charge < -0.3 is 26.0 Å². The summed E-state index contributed by atoms with van der Waals surface area (Å²) in [6.07, 6.45) is 4.82. The van der Waals surface area contributed by atoms with Crippen LogP contribution in [-0.2, 0) is 14.2 Å². The van der Waals surface area contributed by atoms with Crippen molar-refractivity contribution in [2.45, 2.75) is 84.4 Å². The molecule has 0 spiro atoms. The Morgan fingerprint density at radius 1 is 1.03 bits per heavy atom. The molecule has 9 heteroatoms. The number of anilines is 1. The Hall–Kier alpha value is -1.89. The summed E-state index contributed by atoms with van der Waals surface area (Å²) in [5, 5.41) is 19.2. The first-order valence-corrected chi connectivity index (χ1v) is 15.4. The molecular formula is C27H46N3O5P. The van der Waals surface area contributed by atoms with Crippen molar-refractivity contribution < 1.29 is 24.2 Å². The number of hydrogen-bond donors (Lipinski definition) is 5. The fourth-order valence-corrected chi connectivity index (χ4v) is 6.87. The molecule has 1 aliphatic carbocycles. The molecule has 2 rings (SSSR count). The molecule has 2 unspecified atom stereocenters. The molecule has 1 fully saturated rings. The van der Waals surface area contributed by atoms with Gasteiger partial charge in [0, 0.05) is 18.4 Å². The lowest BCUT2D eigenvalue weighted by Crippen LogP contribution is -2.55. The average molecular weight is 524 g/mol. The van der Waals surface area contributed by atoms with Gasteiger partial charge in [-0.05, 0) is 42.7 Å². The topological polar surface area (TPSA) is 128 Å². The van der Waals surface area contributed by atoms with E-state index in [0.717, 1.165) is 31.4 Å². The highest BCUT2D eigenvalue weighted by Gasteiger charge is 2.32. The standard InChI is InChI=1S/C27H46N3O5P/c1-5-20(4)25(30-27(33)24(19(2)3)29-22-14-10-7-11-15-22)26(32)28-16-23(31)18-36(34,35)17-21-12-8-6-9-13-21/h7,10-11,14-15,19-21,23-25,29,31H,5-6,8-9,12-13,16-18H2,1-4H3,(H,28,32)(H,30,33)(H,34,35)/t20?,23-,24+,25+/m1/s1. The number of hydrogen-bond acceptors (Lipinski definition) is 5. The maximum atomic E-state index is 13.2. The summed E-state index contributed by atoms with van der Waals surface area (Å²) in [7, 11) is -3.49. The Morgan fingerprint density at radius 3 is 2.25 bits per heavy atom. The van der Waals surface area contributed by atoms with Gasteiger partial charge in [0.25, 0.3) is 0 Å². The average Bonchev–Trinajstić information content (AvgIpc) is 2.84. The van der Waals surface area contributed by atoms with E-state index in [1.807, 2.05) is 58.0 Å². The molecule has 0 bridgehead atoms. The maximum absolute atomic E-state index is 13.2. The van der Waals surface area contributed by atoms with Gasteiger partial charge in [0.1, 0.15) is 12.1 Å². The van der Waals surface area contributed by atoms with E-state index in [9.17, 15) is 24.2 Å². The molecule has 36 heavy (non-hydrogen) atoms. The predicted molar refractivity (Wildman–Crippen MR) is 145 cm³/mol. The first-order chi connectivity index (χ1) is 17.0. The zero-order chi connectivity index (χ0) is 26.7. The van der Waals surface area contributed by atoms with Crippen molar-refractivity contribution in [2.75, 3.05) is 24.2 Å². The highest BCUT2D eigenvalue weighted by atomic mass is 31.2. The van der Waals surface area contributed by atoms with Crippen LogP contribution in [-0.4, -0.2) is 58.9 Å². The molecule has 2 amide bonds. The number of aliphatic hydroxyl groups is 1. The summed E-state index contributed by atoms with van der Waals surface area (Å²) in [5.41, 5.74) is 0.820. The summed E-state index contributed by atoms with van der Waals surface area (Å²) >= 11 is 0. The first kappa shape index (κ1) is 30.3. The van der Waals surface area contributed by atoms with Crippen LogP contribution in [0.5, 0.6) is 0 Å². The van der Waals surface area contributed by atoms with E-state index in [1.165, 1.54) is 6.42 Å². The van der Waals surface area contributed by atoms with Crippen molar-refractivity contribution in [1.29, 1.82) is 0 Å². The summed E-state index contributed by atoms with van der Waals surface area (Å²) in [6, 6.07) is 8.14. The highest BCUT2D eigenvalue weighted by molar-refractivity contribution is 7.58. The number of carbonyl (C=O) groups is 2. The molecule has 5 N–H and O–H groups in total. The molecule has 8 nitrogen and oxygen atoms in total. The van der Waals surface area contributed by atoms with Crippen LogP contribution < -0.4 is 16.0 Å². The molecule has 1 saturated carbocycles. The largest absolute Gasteiger partial charge is 0.391 e. The molecule has 0 aromatic heterocycles. The molecular weight excluding hydrogens is 477 g/mol. The van der Waals surface area contributed by atoms with Gasteiger partial charge >= 0.3 is 0 Å². The van der Waals surface area contributed by atoms with Gasteiger partial charge in [-0.2, -0.15) is 0 Å². The minimum atomic E-state index is -3.49. The Morgan fingerprint density at radius 2 is 1.67 bits per heavy atom. The Bertz CT molecular complexity index is 860. The molecule has 1 aliphatic rings. The second-order valence-corrected chi connectivity index (χ2v) is 13.1. The van der Waals surface area contributed by atoms with Gasteiger partial charge in [0.2, 0.25) is 19.2 Å². The molecule has 204 valence electrons. The van der Waals surface area contributed by atoms with Crippen LogP contribution in [0.25, 0.3) is 0 Å². The predicted octanol–water partition coefficient (Wildman–Crippen LogP) is 3.98. The van der Waals surface area contributed by atoms with E-state index >= 15 is 0 Å². The van der Waals surface area contributed by atoms with E-state index in [4.69, 9.17) is 0 Å². The molecule has 0 saturated heterocycles. The van der Waals surface area contributed by atoms with Gasteiger partial charge in [-0.25, -0.2) is 0 Å². The number of carbonyl (C=O) groups excluding carboxylic acids is 2.